The largest absolute Gasteiger partial charge is 0.490 e. The molecule has 1 N–H and O–H groups in total. The summed E-state index contributed by atoms with van der Waals surface area (Å²) in [4.78, 5) is 23.3. The fourth-order valence-corrected chi connectivity index (χ4v) is 5.42. The van der Waals surface area contributed by atoms with Crippen LogP contribution in [0.1, 0.15) is 34.1 Å². The summed E-state index contributed by atoms with van der Waals surface area (Å²) < 4.78 is 14.8. The summed E-state index contributed by atoms with van der Waals surface area (Å²) in [5.41, 5.74) is 8.85. The van der Waals surface area contributed by atoms with Crippen LogP contribution in [0, 0.1) is 20.6 Å². The second-order valence-corrected chi connectivity index (χ2v) is 10.9. The van der Waals surface area contributed by atoms with Gasteiger partial charge in [0.1, 0.15) is 6.61 Å². The molecule has 5 rings (SSSR count). The summed E-state index contributed by atoms with van der Waals surface area (Å²) in [6.45, 7) is 4.57. The van der Waals surface area contributed by atoms with Crippen molar-refractivity contribution < 1.29 is 19.2 Å². The number of halogens is 1. The molecule has 0 saturated heterocycles. The maximum Gasteiger partial charge on any atom is 0.271 e. The van der Waals surface area contributed by atoms with E-state index in [2.05, 4.69) is 68.9 Å². The van der Waals surface area contributed by atoms with Crippen molar-refractivity contribution in [3.63, 3.8) is 0 Å². The van der Waals surface area contributed by atoms with Crippen LogP contribution in [0.15, 0.2) is 108 Å². The highest BCUT2D eigenvalue weighted by Gasteiger charge is 2.14. The second kappa shape index (κ2) is 14.0. The van der Waals surface area contributed by atoms with Crippen LogP contribution in [0.5, 0.6) is 11.5 Å². The number of amides is 1. The van der Waals surface area contributed by atoms with E-state index in [0.29, 0.717) is 29.2 Å². The fraction of sp³-hybridized carbons (Fsp3) is 0.118. The number of hydrogen-bond acceptors (Lipinski definition) is 6. The Morgan fingerprint density at radius 1 is 0.977 bits per heavy atom. The van der Waals surface area contributed by atoms with Crippen LogP contribution >= 0.6 is 22.6 Å². The van der Waals surface area contributed by atoms with Gasteiger partial charge in [-0.15, -0.1) is 0 Å². The smallest absolute Gasteiger partial charge is 0.271 e. The first-order valence-corrected chi connectivity index (χ1v) is 14.9. The molecule has 0 unspecified atom stereocenters. The van der Waals surface area contributed by atoms with E-state index in [1.165, 1.54) is 12.1 Å². The van der Waals surface area contributed by atoms with Crippen LogP contribution < -0.4 is 14.9 Å². The Balaban J connectivity index is 1.25. The number of rotatable bonds is 11. The molecule has 4 aromatic carbocycles. The van der Waals surface area contributed by atoms with Crippen molar-refractivity contribution in [3.8, 4) is 28.4 Å². The highest BCUT2D eigenvalue weighted by Crippen LogP contribution is 2.34. The molecule has 0 saturated carbocycles. The molecule has 222 valence electrons. The fourth-order valence-electron chi connectivity index (χ4n) is 4.64. The van der Waals surface area contributed by atoms with Gasteiger partial charge >= 0.3 is 0 Å². The van der Waals surface area contributed by atoms with E-state index in [1.54, 1.807) is 36.5 Å². The lowest BCUT2D eigenvalue weighted by Crippen LogP contribution is -2.17. The van der Waals surface area contributed by atoms with E-state index in [9.17, 15) is 14.9 Å². The number of nitrogens with one attached hydrogen (secondary N) is 1. The molecular formula is C34H29IN4O5. The van der Waals surface area contributed by atoms with Crippen LogP contribution in [0.25, 0.3) is 16.9 Å². The van der Waals surface area contributed by atoms with E-state index < -0.39 is 4.92 Å². The van der Waals surface area contributed by atoms with Gasteiger partial charge < -0.3 is 14.0 Å². The maximum atomic E-state index is 12.8. The van der Waals surface area contributed by atoms with Crippen molar-refractivity contribution in [2.24, 2.45) is 5.10 Å². The molecule has 1 amide bonds. The summed E-state index contributed by atoms with van der Waals surface area (Å²) in [5, 5.41) is 15.1. The molecule has 5 aromatic rings. The van der Waals surface area contributed by atoms with Crippen LogP contribution in [0.3, 0.4) is 0 Å². The maximum absolute atomic E-state index is 12.8. The molecule has 44 heavy (non-hydrogen) atoms. The lowest BCUT2D eigenvalue weighted by Gasteiger charge is -2.14. The number of non-ortho nitro benzene ring substituents is 1. The number of hydrazone groups is 1. The zero-order valence-electron chi connectivity index (χ0n) is 24.1. The Morgan fingerprint density at radius 3 is 2.39 bits per heavy atom. The minimum absolute atomic E-state index is 0.0236. The van der Waals surface area contributed by atoms with E-state index >= 15 is 0 Å². The summed E-state index contributed by atoms with van der Waals surface area (Å²) in [5.74, 6) is 0.753. The van der Waals surface area contributed by atoms with Gasteiger partial charge in [0.2, 0.25) is 0 Å². The van der Waals surface area contributed by atoms with Gasteiger partial charge in [0, 0.05) is 29.1 Å². The van der Waals surface area contributed by atoms with Gasteiger partial charge in [-0.1, -0.05) is 30.3 Å². The number of aryl methyl sites for hydroxylation is 1. The van der Waals surface area contributed by atoms with Crippen molar-refractivity contribution in [2.75, 3.05) is 6.61 Å². The monoisotopic (exact) mass is 700 g/mol. The lowest BCUT2D eigenvalue weighted by atomic mass is 10.1. The van der Waals surface area contributed by atoms with E-state index in [0.717, 1.165) is 31.8 Å². The topological polar surface area (TPSA) is 108 Å². The summed E-state index contributed by atoms with van der Waals surface area (Å²) in [6, 6.07) is 31.6. The van der Waals surface area contributed by atoms with Crippen LogP contribution in [-0.2, 0) is 6.61 Å². The summed E-state index contributed by atoms with van der Waals surface area (Å²) >= 11 is 2.15. The molecule has 1 aromatic heterocycles. The average Bonchev–Trinajstić information content (AvgIpc) is 3.42. The predicted molar refractivity (Wildman–Crippen MR) is 179 cm³/mol. The number of carbonyl (C=O) groups is 1. The zero-order valence-corrected chi connectivity index (χ0v) is 26.2. The quantitative estimate of drug-likeness (QED) is 0.0658. The molecule has 10 heteroatoms. The highest BCUT2D eigenvalue weighted by atomic mass is 127. The van der Waals surface area contributed by atoms with Crippen molar-refractivity contribution in [3.05, 3.63) is 139 Å². The molecule has 0 aliphatic heterocycles. The van der Waals surface area contributed by atoms with Gasteiger partial charge in [-0.3, -0.25) is 14.9 Å². The molecule has 0 spiro atoms. The van der Waals surface area contributed by atoms with Crippen molar-refractivity contribution in [1.29, 1.82) is 0 Å². The number of benzene rings is 4. The van der Waals surface area contributed by atoms with E-state index in [4.69, 9.17) is 9.47 Å². The third-order valence-corrected chi connectivity index (χ3v) is 7.58. The number of nitrogens with zero attached hydrogens (tertiary/aromatic N) is 3. The van der Waals surface area contributed by atoms with Gasteiger partial charge in [0.05, 0.1) is 27.0 Å². The molecule has 0 atom stereocenters. The third-order valence-electron chi connectivity index (χ3n) is 6.78. The van der Waals surface area contributed by atoms with Crippen LogP contribution in [-0.4, -0.2) is 28.2 Å². The summed E-state index contributed by atoms with van der Waals surface area (Å²) in [6.07, 6.45) is 1.55. The number of hydrogen-bond donors (Lipinski definition) is 1. The molecule has 9 nitrogen and oxygen atoms in total. The number of aromatic nitrogens is 1. The third kappa shape index (κ3) is 7.14. The predicted octanol–water partition coefficient (Wildman–Crippen LogP) is 7.71. The Labute approximate surface area is 268 Å². The Hall–Kier alpha value is -4.97. The SMILES string of the molecule is CCOc1cc(/C=N/NC(=O)c2ccc(-n3c(C)ccc3-c3ccccc3)cc2)cc(I)c1OCc1ccc([N+](=O)[O-])cc1. The van der Waals surface area contributed by atoms with Gasteiger partial charge in [0.15, 0.2) is 11.5 Å². The Kier molecular flexibility index (Phi) is 9.70. The van der Waals surface area contributed by atoms with Gasteiger partial charge in [-0.05, 0) is 114 Å². The Morgan fingerprint density at radius 2 is 1.70 bits per heavy atom. The molecule has 0 fully saturated rings. The van der Waals surface area contributed by atoms with Gasteiger partial charge in [-0.25, -0.2) is 5.43 Å². The minimum atomic E-state index is -0.438. The first-order chi connectivity index (χ1) is 21.3. The Bertz CT molecular complexity index is 1800. The van der Waals surface area contributed by atoms with Crippen molar-refractivity contribution in [1.82, 2.24) is 9.99 Å². The molecule has 0 aliphatic carbocycles. The number of nitro benzene ring substituents is 1. The molecule has 0 aliphatic rings. The number of nitro groups is 1. The minimum Gasteiger partial charge on any atom is -0.490 e. The van der Waals surface area contributed by atoms with Crippen LogP contribution in [0.2, 0.25) is 0 Å². The van der Waals surface area contributed by atoms with E-state index in [-0.39, 0.29) is 18.2 Å². The molecular weight excluding hydrogens is 671 g/mol. The first-order valence-electron chi connectivity index (χ1n) is 13.8. The first kappa shape index (κ1) is 30.5. The number of ether oxygens (including phenoxy) is 2. The molecule has 0 bridgehead atoms. The number of carbonyl (C=O) groups excluding carboxylic acids is 1. The second-order valence-electron chi connectivity index (χ2n) is 9.78. The highest BCUT2D eigenvalue weighted by molar-refractivity contribution is 14.1. The van der Waals surface area contributed by atoms with Crippen molar-refractivity contribution >= 4 is 40.4 Å². The van der Waals surface area contributed by atoms with Gasteiger partial charge in [-0.2, -0.15) is 5.10 Å². The lowest BCUT2D eigenvalue weighted by molar-refractivity contribution is -0.384. The standard InChI is InChI=1S/C34H29IN4O5/c1-3-43-32-20-25(19-30(35)33(32)44-22-24-10-14-29(15-11-24)39(41)42)21-36-37-34(40)27-12-16-28(17-13-27)38-23(2)9-18-31(38)26-7-5-4-6-8-26/h4-21H,3,22H2,1-2H3,(H,37,40)/b36-21+. The van der Waals surface area contributed by atoms with Crippen molar-refractivity contribution in [2.45, 2.75) is 20.5 Å². The van der Waals surface area contributed by atoms with Crippen LogP contribution in [0.4, 0.5) is 5.69 Å². The van der Waals surface area contributed by atoms with Gasteiger partial charge in [0.25, 0.3) is 11.6 Å². The molecule has 0 radical (unpaired) electrons. The normalized spacial score (nSPS) is 11.0. The molecule has 1 heterocycles. The van der Waals surface area contributed by atoms with E-state index in [1.807, 2.05) is 43.3 Å². The summed E-state index contributed by atoms with van der Waals surface area (Å²) in [7, 11) is 0. The zero-order chi connectivity index (χ0) is 31.1. The average molecular weight is 701 g/mol.